The molecule has 6 heteroatoms. The third-order valence-corrected chi connectivity index (χ3v) is 3.40. The number of esters is 1. The summed E-state index contributed by atoms with van der Waals surface area (Å²) in [6.07, 6.45) is 0. The Balaban J connectivity index is 1.90. The molecule has 0 aliphatic carbocycles. The van der Waals surface area contributed by atoms with Crippen LogP contribution in [0.3, 0.4) is 0 Å². The highest BCUT2D eigenvalue weighted by atomic mass is 35.5. The smallest absolute Gasteiger partial charge is 0.338 e. The molecule has 126 valence electrons. The second-order valence-corrected chi connectivity index (χ2v) is 5.31. The molecule has 0 heterocycles. The van der Waals surface area contributed by atoms with E-state index >= 15 is 0 Å². The van der Waals surface area contributed by atoms with Crippen LogP contribution in [0.2, 0.25) is 5.02 Å². The van der Waals surface area contributed by atoms with Gasteiger partial charge in [0.05, 0.1) is 12.2 Å². The van der Waals surface area contributed by atoms with Crippen LogP contribution < -0.4 is 5.32 Å². The van der Waals surface area contributed by atoms with Gasteiger partial charge in [-0.15, -0.1) is 0 Å². The SMILES string of the molecule is CCOCCOC(=O)c1ccc(NC(=O)c2ccc(Cl)cc2)cc1. The Morgan fingerprint density at radius 3 is 2.21 bits per heavy atom. The zero-order valence-electron chi connectivity index (χ0n) is 13.3. The molecule has 2 aromatic carbocycles. The maximum Gasteiger partial charge on any atom is 0.338 e. The molecule has 0 spiro atoms. The molecular weight excluding hydrogens is 330 g/mol. The highest BCUT2D eigenvalue weighted by molar-refractivity contribution is 6.30. The Morgan fingerprint density at radius 1 is 0.958 bits per heavy atom. The lowest BCUT2D eigenvalue weighted by molar-refractivity contribution is 0.0335. The first-order valence-corrected chi connectivity index (χ1v) is 7.90. The van der Waals surface area contributed by atoms with E-state index in [0.29, 0.717) is 35.1 Å². The monoisotopic (exact) mass is 347 g/mol. The van der Waals surface area contributed by atoms with E-state index in [0.717, 1.165) is 0 Å². The van der Waals surface area contributed by atoms with E-state index in [1.165, 1.54) is 0 Å². The number of hydrogen-bond donors (Lipinski definition) is 1. The van der Waals surface area contributed by atoms with Crippen molar-refractivity contribution in [3.63, 3.8) is 0 Å². The van der Waals surface area contributed by atoms with Gasteiger partial charge < -0.3 is 14.8 Å². The Morgan fingerprint density at radius 2 is 1.58 bits per heavy atom. The van der Waals surface area contributed by atoms with Crippen molar-refractivity contribution in [2.75, 3.05) is 25.1 Å². The number of benzene rings is 2. The fourth-order valence-corrected chi connectivity index (χ4v) is 2.04. The third kappa shape index (κ3) is 5.37. The first-order valence-electron chi connectivity index (χ1n) is 7.52. The maximum atomic E-state index is 12.1. The molecule has 0 saturated carbocycles. The second-order valence-electron chi connectivity index (χ2n) is 4.87. The number of carbonyl (C=O) groups excluding carboxylic acids is 2. The lowest BCUT2D eigenvalue weighted by Gasteiger charge is -2.07. The van der Waals surface area contributed by atoms with Crippen molar-refractivity contribution in [2.45, 2.75) is 6.92 Å². The number of hydrogen-bond acceptors (Lipinski definition) is 4. The van der Waals surface area contributed by atoms with E-state index in [1.54, 1.807) is 48.5 Å². The molecule has 24 heavy (non-hydrogen) atoms. The first-order chi connectivity index (χ1) is 11.6. The minimum atomic E-state index is -0.426. The Bertz CT molecular complexity index is 683. The summed E-state index contributed by atoms with van der Waals surface area (Å²) in [6, 6.07) is 13.1. The van der Waals surface area contributed by atoms with Gasteiger partial charge in [0.1, 0.15) is 6.61 Å². The largest absolute Gasteiger partial charge is 0.460 e. The standard InChI is InChI=1S/C18H18ClNO4/c1-2-23-11-12-24-18(22)14-5-9-16(10-6-14)20-17(21)13-3-7-15(19)8-4-13/h3-10H,2,11-12H2,1H3,(H,20,21). The number of amides is 1. The number of anilines is 1. The topological polar surface area (TPSA) is 64.6 Å². The second kappa shape index (κ2) is 9.05. The molecule has 0 aliphatic heterocycles. The summed E-state index contributed by atoms with van der Waals surface area (Å²) < 4.78 is 10.2. The molecule has 0 aromatic heterocycles. The summed E-state index contributed by atoms with van der Waals surface area (Å²) in [4.78, 5) is 23.9. The zero-order valence-corrected chi connectivity index (χ0v) is 14.0. The van der Waals surface area contributed by atoms with Crippen molar-refractivity contribution < 1.29 is 19.1 Å². The van der Waals surface area contributed by atoms with Gasteiger partial charge in [0.15, 0.2) is 0 Å². The van der Waals surface area contributed by atoms with E-state index in [2.05, 4.69) is 5.32 Å². The number of halogens is 1. The molecule has 0 atom stereocenters. The van der Waals surface area contributed by atoms with Crippen LogP contribution in [0.5, 0.6) is 0 Å². The molecule has 0 unspecified atom stereocenters. The summed E-state index contributed by atoms with van der Waals surface area (Å²) >= 11 is 5.79. The van der Waals surface area contributed by atoms with Crippen LogP contribution >= 0.6 is 11.6 Å². The number of rotatable bonds is 7. The van der Waals surface area contributed by atoms with Gasteiger partial charge in [0.2, 0.25) is 0 Å². The summed E-state index contributed by atoms with van der Waals surface area (Å²) in [7, 11) is 0. The molecule has 1 N–H and O–H groups in total. The van der Waals surface area contributed by atoms with Gasteiger partial charge in [0, 0.05) is 22.9 Å². The molecule has 0 bridgehead atoms. The summed E-state index contributed by atoms with van der Waals surface area (Å²) in [5.41, 5.74) is 1.50. The van der Waals surface area contributed by atoms with Crippen molar-refractivity contribution in [1.82, 2.24) is 0 Å². The Kier molecular flexibility index (Phi) is 6.78. The van der Waals surface area contributed by atoms with Gasteiger partial charge in [0.25, 0.3) is 5.91 Å². The number of carbonyl (C=O) groups is 2. The van der Waals surface area contributed by atoms with Crippen molar-refractivity contribution in [3.05, 3.63) is 64.7 Å². The normalized spacial score (nSPS) is 10.2. The molecule has 5 nitrogen and oxygen atoms in total. The fourth-order valence-electron chi connectivity index (χ4n) is 1.92. The Hall–Kier alpha value is -2.37. The van der Waals surface area contributed by atoms with Gasteiger partial charge in [-0.2, -0.15) is 0 Å². The van der Waals surface area contributed by atoms with E-state index < -0.39 is 5.97 Å². The van der Waals surface area contributed by atoms with Crippen molar-refractivity contribution in [1.29, 1.82) is 0 Å². The average Bonchev–Trinajstić information content (AvgIpc) is 2.59. The van der Waals surface area contributed by atoms with Gasteiger partial charge in [-0.1, -0.05) is 11.6 Å². The van der Waals surface area contributed by atoms with Crippen LogP contribution in [0.1, 0.15) is 27.6 Å². The van der Waals surface area contributed by atoms with Crippen LogP contribution in [-0.4, -0.2) is 31.7 Å². The highest BCUT2D eigenvalue weighted by Gasteiger charge is 2.09. The van der Waals surface area contributed by atoms with Gasteiger partial charge in [-0.25, -0.2) is 4.79 Å². The lowest BCUT2D eigenvalue weighted by atomic mass is 10.2. The average molecular weight is 348 g/mol. The number of ether oxygens (including phenoxy) is 2. The molecular formula is C18H18ClNO4. The van der Waals surface area contributed by atoms with E-state index in [-0.39, 0.29) is 12.5 Å². The van der Waals surface area contributed by atoms with E-state index in [1.807, 2.05) is 6.92 Å². The third-order valence-electron chi connectivity index (χ3n) is 3.15. The van der Waals surface area contributed by atoms with Crippen molar-refractivity contribution in [2.24, 2.45) is 0 Å². The molecule has 0 fully saturated rings. The minimum absolute atomic E-state index is 0.210. The molecule has 2 aromatic rings. The molecule has 0 aliphatic rings. The highest BCUT2D eigenvalue weighted by Crippen LogP contribution is 2.14. The Labute approximate surface area is 145 Å². The van der Waals surface area contributed by atoms with E-state index in [9.17, 15) is 9.59 Å². The molecule has 1 amide bonds. The lowest BCUT2D eigenvalue weighted by Crippen LogP contribution is -2.13. The summed E-state index contributed by atoms with van der Waals surface area (Å²) in [5, 5.41) is 3.32. The molecule has 0 saturated heterocycles. The molecule has 2 rings (SSSR count). The zero-order chi connectivity index (χ0) is 17.4. The quantitative estimate of drug-likeness (QED) is 0.611. The van der Waals surface area contributed by atoms with Crippen molar-refractivity contribution >= 4 is 29.2 Å². The number of nitrogens with one attached hydrogen (secondary N) is 1. The fraction of sp³-hybridized carbons (Fsp3) is 0.222. The van der Waals surface area contributed by atoms with E-state index in [4.69, 9.17) is 21.1 Å². The van der Waals surface area contributed by atoms with Gasteiger partial charge >= 0.3 is 5.97 Å². The first kappa shape index (κ1) is 18.0. The van der Waals surface area contributed by atoms with Crippen LogP contribution in [0.25, 0.3) is 0 Å². The predicted octanol–water partition coefficient (Wildman–Crippen LogP) is 3.79. The molecule has 0 radical (unpaired) electrons. The van der Waals surface area contributed by atoms with Crippen LogP contribution in [0.15, 0.2) is 48.5 Å². The predicted molar refractivity (Wildman–Crippen MR) is 92.6 cm³/mol. The minimum Gasteiger partial charge on any atom is -0.460 e. The van der Waals surface area contributed by atoms with Crippen molar-refractivity contribution in [3.8, 4) is 0 Å². The van der Waals surface area contributed by atoms with Crippen LogP contribution in [0.4, 0.5) is 5.69 Å². The van der Waals surface area contributed by atoms with Gasteiger partial charge in [-0.05, 0) is 55.5 Å². The summed E-state index contributed by atoms with van der Waals surface area (Å²) in [5.74, 6) is -0.677. The van der Waals surface area contributed by atoms with Crippen LogP contribution in [-0.2, 0) is 9.47 Å². The summed E-state index contributed by atoms with van der Waals surface area (Å²) in [6.45, 7) is 3.04. The maximum absolute atomic E-state index is 12.1. The van der Waals surface area contributed by atoms with Crippen LogP contribution in [0, 0.1) is 0 Å². The van der Waals surface area contributed by atoms with Gasteiger partial charge in [-0.3, -0.25) is 4.79 Å².